The molecule has 0 atom stereocenters. The van der Waals surface area contributed by atoms with Crippen LogP contribution in [0.5, 0.6) is 5.88 Å². The van der Waals surface area contributed by atoms with Crippen LogP contribution in [0.1, 0.15) is 26.5 Å². The Kier molecular flexibility index (Phi) is 4.35. The topological polar surface area (TPSA) is 86.8 Å². The van der Waals surface area contributed by atoms with Crippen molar-refractivity contribution in [1.82, 2.24) is 4.98 Å². The summed E-state index contributed by atoms with van der Waals surface area (Å²) in [7, 11) is 1.49. The maximum atomic E-state index is 11.8. The van der Waals surface area contributed by atoms with Gasteiger partial charge in [-0.25, -0.2) is 14.6 Å². The minimum Gasteiger partial charge on any atom is -0.480 e. The van der Waals surface area contributed by atoms with Crippen LogP contribution in [0.15, 0.2) is 23.9 Å². The highest BCUT2D eigenvalue weighted by Crippen LogP contribution is 2.25. The summed E-state index contributed by atoms with van der Waals surface area (Å²) in [6, 6.07) is 3.58. The number of cyclic esters (lactones) is 2. The second kappa shape index (κ2) is 6.05. The zero-order valence-electron chi connectivity index (χ0n) is 12.9. The smallest absolute Gasteiger partial charge is 0.350 e. The van der Waals surface area contributed by atoms with E-state index < -0.39 is 17.7 Å². The molecular formula is C15H18N2O5. The molecule has 0 bridgehead atoms. The monoisotopic (exact) mass is 306 g/mol. The summed E-state index contributed by atoms with van der Waals surface area (Å²) < 4.78 is 15.2. The zero-order chi connectivity index (χ0) is 16.3. The molecule has 0 amide bonds. The van der Waals surface area contributed by atoms with Crippen LogP contribution in [-0.4, -0.2) is 29.8 Å². The standard InChI is InChI=1S/C15H18N2O5/c1-5-9-6-7-11(12(17-9)20-4)16-8-10-13(18)21-15(2,3)22-14(10)19/h6-8,16H,5H2,1-4H3. The highest BCUT2D eigenvalue weighted by molar-refractivity contribution is 6.15. The van der Waals surface area contributed by atoms with Crippen molar-refractivity contribution in [1.29, 1.82) is 0 Å². The third kappa shape index (κ3) is 3.36. The summed E-state index contributed by atoms with van der Waals surface area (Å²) in [5.41, 5.74) is 1.17. The molecule has 22 heavy (non-hydrogen) atoms. The van der Waals surface area contributed by atoms with Crippen molar-refractivity contribution in [2.24, 2.45) is 0 Å². The van der Waals surface area contributed by atoms with Crippen LogP contribution < -0.4 is 10.1 Å². The Morgan fingerprint density at radius 2 is 1.91 bits per heavy atom. The molecule has 0 aromatic carbocycles. The number of aromatic nitrogens is 1. The van der Waals surface area contributed by atoms with Crippen LogP contribution in [0.3, 0.4) is 0 Å². The molecule has 1 aromatic rings. The van der Waals surface area contributed by atoms with Crippen LogP contribution in [0, 0.1) is 0 Å². The molecule has 0 radical (unpaired) electrons. The third-order valence-electron chi connectivity index (χ3n) is 2.96. The summed E-state index contributed by atoms with van der Waals surface area (Å²) in [6.45, 7) is 4.96. The highest BCUT2D eigenvalue weighted by Gasteiger charge is 2.38. The van der Waals surface area contributed by atoms with E-state index in [1.807, 2.05) is 13.0 Å². The molecule has 1 saturated heterocycles. The maximum absolute atomic E-state index is 11.8. The maximum Gasteiger partial charge on any atom is 0.350 e. The summed E-state index contributed by atoms with van der Waals surface area (Å²) in [4.78, 5) is 27.9. The van der Waals surface area contributed by atoms with Crippen LogP contribution in [0.2, 0.25) is 0 Å². The van der Waals surface area contributed by atoms with Gasteiger partial charge in [0, 0.05) is 25.7 Å². The minimum absolute atomic E-state index is 0.221. The van der Waals surface area contributed by atoms with Gasteiger partial charge in [0.1, 0.15) is 5.69 Å². The predicted octanol–water partition coefficient (Wildman–Crippen LogP) is 1.78. The normalized spacial score (nSPS) is 16.6. The van der Waals surface area contributed by atoms with Gasteiger partial charge in [-0.3, -0.25) is 0 Å². The molecule has 2 heterocycles. The van der Waals surface area contributed by atoms with Crippen molar-refractivity contribution in [2.75, 3.05) is 12.4 Å². The minimum atomic E-state index is -1.26. The molecule has 7 nitrogen and oxygen atoms in total. The quantitative estimate of drug-likeness (QED) is 0.515. The summed E-state index contributed by atoms with van der Waals surface area (Å²) >= 11 is 0. The van der Waals surface area contributed by atoms with E-state index >= 15 is 0 Å². The molecule has 1 aliphatic heterocycles. The lowest BCUT2D eigenvalue weighted by Crippen LogP contribution is -2.42. The first-order valence-electron chi connectivity index (χ1n) is 6.83. The number of hydrogen-bond acceptors (Lipinski definition) is 7. The fraction of sp³-hybridized carbons (Fsp3) is 0.400. The number of carbonyl (C=O) groups is 2. The molecule has 7 heteroatoms. The Balaban J connectivity index is 2.21. The van der Waals surface area contributed by atoms with Gasteiger partial charge >= 0.3 is 11.9 Å². The number of nitrogens with zero attached hydrogens (tertiary/aromatic N) is 1. The van der Waals surface area contributed by atoms with E-state index in [1.54, 1.807) is 6.07 Å². The fourth-order valence-electron chi connectivity index (χ4n) is 1.87. The van der Waals surface area contributed by atoms with Crippen molar-refractivity contribution in [3.63, 3.8) is 0 Å². The van der Waals surface area contributed by atoms with Crippen molar-refractivity contribution >= 4 is 17.6 Å². The predicted molar refractivity (Wildman–Crippen MR) is 78.1 cm³/mol. The van der Waals surface area contributed by atoms with Crippen molar-refractivity contribution in [3.05, 3.63) is 29.6 Å². The van der Waals surface area contributed by atoms with Crippen molar-refractivity contribution in [3.8, 4) is 5.88 Å². The van der Waals surface area contributed by atoms with E-state index in [1.165, 1.54) is 27.2 Å². The largest absolute Gasteiger partial charge is 0.480 e. The Labute approximate surface area is 128 Å². The number of ether oxygens (including phenoxy) is 3. The van der Waals surface area contributed by atoms with Crippen molar-refractivity contribution < 1.29 is 23.8 Å². The van der Waals surface area contributed by atoms with Crippen molar-refractivity contribution in [2.45, 2.75) is 33.0 Å². The van der Waals surface area contributed by atoms with E-state index in [9.17, 15) is 9.59 Å². The lowest BCUT2D eigenvalue weighted by molar-refractivity contribution is -0.222. The Hall–Kier alpha value is -2.57. The van der Waals surface area contributed by atoms with E-state index in [0.717, 1.165) is 12.1 Å². The fourth-order valence-corrected chi connectivity index (χ4v) is 1.87. The lowest BCUT2D eigenvalue weighted by atomic mass is 10.2. The zero-order valence-corrected chi connectivity index (χ0v) is 12.9. The number of aryl methyl sites for hydroxylation is 1. The first-order valence-corrected chi connectivity index (χ1v) is 6.83. The molecule has 2 rings (SSSR count). The molecule has 118 valence electrons. The average Bonchev–Trinajstić information content (AvgIpc) is 2.45. The van der Waals surface area contributed by atoms with Gasteiger partial charge in [-0.05, 0) is 18.6 Å². The number of esters is 2. The van der Waals surface area contributed by atoms with Gasteiger partial charge in [0.05, 0.1) is 7.11 Å². The van der Waals surface area contributed by atoms with Crippen LogP contribution in [0.4, 0.5) is 5.69 Å². The van der Waals surface area contributed by atoms with Gasteiger partial charge in [0.2, 0.25) is 5.88 Å². The molecule has 0 saturated carbocycles. The summed E-state index contributed by atoms with van der Waals surface area (Å²) in [6.07, 6.45) is 2.00. The number of rotatable bonds is 4. The Morgan fingerprint density at radius 1 is 1.27 bits per heavy atom. The number of anilines is 1. The molecule has 1 fully saturated rings. The van der Waals surface area contributed by atoms with E-state index in [2.05, 4.69) is 10.3 Å². The van der Waals surface area contributed by atoms with E-state index in [0.29, 0.717) is 11.6 Å². The lowest BCUT2D eigenvalue weighted by Gasteiger charge is -2.29. The molecule has 0 spiro atoms. The second-order valence-electron chi connectivity index (χ2n) is 5.09. The van der Waals surface area contributed by atoms with Crippen LogP contribution in [0.25, 0.3) is 0 Å². The summed E-state index contributed by atoms with van der Waals surface area (Å²) in [5, 5.41) is 2.82. The number of hydrogen-bond donors (Lipinski definition) is 1. The molecular weight excluding hydrogens is 288 g/mol. The average molecular weight is 306 g/mol. The first-order chi connectivity index (χ1) is 10.4. The van der Waals surface area contributed by atoms with Gasteiger partial charge in [0.15, 0.2) is 5.57 Å². The number of methoxy groups -OCH3 is 1. The van der Waals surface area contributed by atoms with E-state index in [4.69, 9.17) is 14.2 Å². The van der Waals surface area contributed by atoms with E-state index in [-0.39, 0.29) is 5.57 Å². The molecule has 1 aromatic heterocycles. The second-order valence-corrected chi connectivity index (χ2v) is 5.09. The number of pyridine rings is 1. The Morgan fingerprint density at radius 3 is 2.45 bits per heavy atom. The first kappa shape index (κ1) is 15.8. The molecule has 0 aliphatic carbocycles. The van der Waals surface area contributed by atoms with Gasteiger partial charge in [0.25, 0.3) is 5.79 Å². The number of nitrogens with one attached hydrogen (secondary N) is 1. The highest BCUT2D eigenvalue weighted by atomic mass is 16.7. The SMILES string of the molecule is CCc1ccc(NC=C2C(=O)OC(C)(C)OC2=O)c(OC)n1. The molecule has 1 aliphatic rings. The number of carbonyl (C=O) groups excluding carboxylic acids is 2. The Bertz CT molecular complexity index is 615. The van der Waals surface area contributed by atoms with Crippen LogP contribution in [-0.2, 0) is 25.5 Å². The molecule has 1 N–H and O–H groups in total. The summed E-state index contributed by atoms with van der Waals surface area (Å²) in [5.74, 6) is -2.38. The van der Waals surface area contributed by atoms with Gasteiger partial charge < -0.3 is 19.5 Å². The molecule has 0 unspecified atom stereocenters. The van der Waals surface area contributed by atoms with Crippen LogP contribution >= 0.6 is 0 Å². The van der Waals surface area contributed by atoms with Gasteiger partial charge in [-0.2, -0.15) is 0 Å². The van der Waals surface area contributed by atoms with Gasteiger partial charge in [-0.1, -0.05) is 6.92 Å². The van der Waals surface area contributed by atoms with Gasteiger partial charge in [-0.15, -0.1) is 0 Å². The third-order valence-corrected chi connectivity index (χ3v) is 2.96.